The molecule has 104 valence electrons. The molecule has 0 aliphatic carbocycles. The summed E-state index contributed by atoms with van der Waals surface area (Å²) < 4.78 is 0. The second-order valence-electron chi connectivity index (χ2n) is 5.56. The van der Waals surface area contributed by atoms with Gasteiger partial charge in [-0.25, -0.2) is 0 Å². The van der Waals surface area contributed by atoms with E-state index in [-0.39, 0.29) is 23.8 Å². The summed E-state index contributed by atoms with van der Waals surface area (Å²) in [4.78, 5) is 18.7. The Hall–Kier alpha value is -1.42. The van der Waals surface area contributed by atoms with Gasteiger partial charge in [0.1, 0.15) is 0 Å². The number of carbonyl (C=O) groups is 1. The van der Waals surface area contributed by atoms with E-state index in [9.17, 15) is 4.79 Å². The predicted molar refractivity (Wildman–Crippen MR) is 75.3 cm³/mol. The van der Waals surface area contributed by atoms with E-state index in [2.05, 4.69) is 18.8 Å². The van der Waals surface area contributed by atoms with E-state index in [4.69, 9.17) is 5.73 Å². The van der Waals surface area contributed by atoms with Gasteiger partial charge in [0.2, 0.25) is 5.91 Å². The van der Waals surface area contributed by atoms with Crippen LogP contribution in [0.5, 0.6) is 0 Å². The molecule has 1 aromatic heterocycles. The van der Waals surface area contributed by atoms with Crippen molar-refractivity contribution in [1.29, 1.82) is 0 Å². The van der Waals surface area contributed by atoms with Crippen LogP contribution in [0.1, 0.15) is 38.3 Å². The fourth-order valence-electron chi connectivity index (χ4n) is 2.83. The molecule has 0 spiro atoms. The molecule has 1 aliphatic rings. The molecule has 1 fully saturated rings. The summed E-state index contributed by atoms with van der Waals surface area (Å²) in [5, 5.41) is 0. The quantitative estimate of drug-likeness (QED) is 0.901. The normalized spacial score (nSPS) is 20.8. The van der Waals surface area contributed by atoms with Gasteiger partial charge in [-0.05, 0) is 36.5 Å². The van der Waals surface area contributed by atoms with E-state index in [1.807, 2.05) is 17.0 Å². The van der Waals surface area contributed by atoms with Crippen molar-refractivity contribution in [1.82, 2.24) is 9.88 Å². The van der Waals surface area contributed by atoms with Crippen LogP contribution in [0.2, 0.25) is 0 Å². The second kappa shape index (κ2) is 6.15. The summed E-state index contributed by atoms with van der Waals surface area (Å²) >= 11 is 0. The van der Waals surface area contributed by atoms with Crippen LogP contribution in [0.4, 0.5) is 0 Å². The molecular weight excluding hydrogens is 238 g/mol. The van der Waals surface area contributed by atoms with Crippen LogP contribution in [-0.2, 0) is 4.79 Å². The van der Waals surface area contributed by atoms with Crippen molar-refractivity contribution in [3.63, 3.8) is 0 Å². The minimum absolute atomic E-state index is 0.0672. The number of aromatic nitrogens is 1. The fourth-order valence-corrected chi connectivity index (χ4v) is 2.83. The molecule has 0 radical (unpaired) electrons. The number of hydrogen-bond donors (Lipinski definition) is 1. The number of rotatable bonds is 4. The summed E-state index contributed by atoms with van der Waals surface area (Å²) in [6.45, 7) is 5.39. The topological polar surface area (TPSA) is 59.2 Å². The summed E-state index contributed by atoms with van der Waals surface area (Å²) in [7, 11) is 0. The maximum absolute atomic E-state index is 12.6. The molecule has 1 aliphatic heterocycles. The molecule has 4 heteroatoms. The van der Waals surface area contributed by atoms with Gasteiger partial charge < -0.3 is 10.6 Å². The average molecular weight is 261 g/mol. The van der Waals surface area contributed by atoms with E-state index >= 15 is 0 Å². The van der Waals surface area contributed by atoms with Crippen molar-refractivity contribution < 1.29 is 4.79 Å². The zero-order valence-electron chi connectivity index (χ0n) is 11.7. The van der Waals surface area contributed by atoms with Crippen molar-refractivity contribution in [2.45, 2.75) is 32.7 Å². The molecule has 2 atom stereocenters. The summed E-state index contributed by atoms with van der Waals surface area (Å²) in [6.07, 6.45) is 5.68. The Bertz CT molecular complexity index is 419. The predicted octanol–water partition coefficient (Wildman–Crippen LogP) is 1.98. The van der Waals surface area contributed by atoms with E-state index < -0.39 is 0 Å². The zero-order chi connectivity index (χ0) is 13.8. The van der Waals surface area contributed by atoms with Crippen molar-refractivity contribution in [2.24, 2.45) is 17.6 Å². The second-order valence-corrected chi connectivity index (χ2v) is 5.56. The number of nitrogens with zero attached hydrogens (tertiary/aromatic N) is 2. The van der Waals surface area contributed by atoms with Crippen LogP contribution in [0, 0.1) is 11.8 Å². The highest BCUT2D eigenvalue weighted by Gasteiger charge is 2.34. The maximum atomic E-state index is 12.6. The highest BCUT2D eigenvalue weighted by Crippen LogP contribution is 2.33. The van der Waals surface area contributed by atoms with E-state index in [1.54, 1.807) is 12.4 Å². The van der Waals surface area contributed by atoms with E-state index in [0.717, 1.165) is 19.4 Å². The monoisotopic (exact) mass is 261 g/mol. The lowest BCUT2D eigenvalue weighted by atomic mass is 9.93. The smallest absolute Gasteiger partial charge is 0.227 e. The van der Waals surface area contributed by atoms with Crippen LogP contribution in [0.25, 0.3) is 0 Å². The molecule has 0 bridgehead atoms. The van der Waals surface area contributed by atoms with Gasteiger partial charge in [-0.3, -0.25) is 9.78 Å². The van der Waals surface area contributed by atoms with Crippen LogP contribution in [-0.4, -0.2) is 28.9 Å². The van der Waals surface area contributed by atoms with Crippen LogP contribution in [0.15, 0.2) is 24.5 Å². The van der Waals surface area contributed by atoms with Crippen LogP contribution < -0.4 is 5.73 Å². The molecule has 0 aromatic carbocycles. The Balaban J connectivity index is 2.17. The molecule has 4 nitrogen and oxygen atoms in total. The number of nitrogens with two attached hydrogens (primary N) is 1. The third-order valence-electron chi connectivity index (χ3n) is 4.00. The minimum Gasteiger partial charge on any atom is -0.335 e. The first-order valence-electron chi connectivity index (χ1n) is 7.05. The molecule has 0 saturated carbocycles. The van der Waals surface area contributed by atoms with Crippen molar-refractivity contribution in [2.75, 3.05) is 13.1 Å². The Morgan fingerprint density at radius 1 is 1.47 bits per heavy atom. The van der Waals surface area contributed by atoms with Crippen LogP contribution in [0.3, 0.4) is 0 Å². The number of carbonyl (C=O) groups excluding carboxylic acids is 1. The lowest BCUT2D eigenvalue weighted by molar-refractivity contribution is -0.137. The maximum Gasteiger partial charge on any atom is 0.227 e. The Morgan fingerprint density at radius 3 is 2.74 bits per heavy atom. The first kappa shape index (κ1) is 14.0. The van der Waals surface area contributed by atoms with Crippen molar-refractivity contribution in [3.8, 4) is 0 Å². The largest absolute Gasteiger partial charge is 0.335 e. The van der Waals surface area contributed by atoms with Crippen molar-refractivity contribution in [3.05, 3.63) is 30.1 Å². The van der Waals surface area contributed by atoms with Gasteiger partial charge in [-0.1, -0.05) is 13.8 Å². The molecule has 1 saturated heterocycles. The molecule has 1 amide bonds. The van der Waals surface area contributed by atoms with E-state index in [1.165, 1.54) is 5.56 Å². The summed E-state index contributed by atoms with van der Waals surface area (Å²) in [5.74, 6) is 0.426. The van der Waals surface area contributed by atoms with Gasteiger partial charge in [0.25, 0.3) is 0 Å². The summed E-state index contributed by atoms with van der Waals surface area (Å²) in [5.41, 5.74) is 6.95. The molecular formula is C15H23N3O. The van der Waals surface area contributed by atoms with Crippen molar-refractivity contribution >= 4 is 5.91 Å². The standard InChI is InChI=1S/C15H23N3O/c1-11(2)13(10-16)15(19)18-9-3-4-14(18)12-5-7-17-8-6-12/h5-8,11,13-14H,3-4,9-10,16H2,1-2H3. The number of pyridine rings is 1. The van der Waals surface area contributed by atoms with E-state index in [0.29, 0.717) is 6.54 Å². The highest BCUT2D eigenvalue weighted by atomic mass is 16.2. The Kier molecular flexibility index (Phi) is 4.53. The average Bonchev–Trinajstić information content (AvgIpc) is 2.89. The number of amides is 1. The van der Waals surface area contributed by atoms with Gasteiger partial charge in [0.15, 0.2) is 0 Å². The molecule has 1 aromatic rings. The first-order valence-corrected chi connectivity index (χ1v) is 7.05. The molecule has 2 unspecified atom stereocenters. The van der Waals surface area contributed by atoms with Gasteiger partial charge in [0, 0.05) is 25.5 Å². The lowest BCUT2D eigenvalue weighted by Gasteiger charge is -2.30. The first-order chi connectivity index (χ1) is 9.15. The third kappa shape index (κ3) is 2.95. The number of likely N-dealkylation sites (tertiary alicyclic amines) is 1. The zero-order valence-corrected chi connectivity index (χ0v) is 11.7. The number of hydrogen-bond acceptors (Lipinski definition) is 3. The van der Waals surface area contributed by atoms with Gasteiger partial charge in [-0.2, -0.15) is 0 Å². The third-order valence-corrected chi connectivity index (χ3v) is 4.00. The summed E-state index contributed by atoms with van der Waals surface area (Å²) in [6, 6.07) is 4.20. The highest BCUT2D eigenvalue weighted by molar-refractivity contribution is 5.80. The lowest BCUT2D eigenvalue weighted by Crippen LogP contribution is -2.41. The molecule has 2 N–H and O–H groups in total. The minimum atomic E-state index is -0.0672. The van der Waals surface area contributed by atoms with Gasteiger partial charge in [0.05, 0.1) is 12.0 Å². The van der Waals surface area contributed by atoms with Gasteiger partial charge >= 0.3 is 0 Å². The SMILES string of the molecule is CC(C)C(CN)C(=O)N1CCCC1c1ccncc1. The van der Waals surface area contributed by atoms with Gasteiger partial charge in [-0.15, -0.1) is 0 Å². The molecule has 19 heavy (non-hydrogen) atoms. The Morgan fingerprint density at radius 2 is 2.16 bits per heavy atom. The fraction of sp³-hybridized carbons (Fsp3) is 0.600. The molecule has 2 heterocycles. The Labute approximate surface area is 115 Å². The van der Waals surface area contributed by atoms with Crippen LogP contribution >= 0.6 is 0 Å². The molecule has 2 rings (SSSR count).